The Balaban J connectivity index is 2.30. The molecule has 1 aliphatic rings. The maximum absolute atomic E-state index is 12.3. The van der Waals surface area contributed by atoms with Gasteiger partial charge in [-0.3, -0.25) is 19.8 Å². The molecule has 5 heteroatoms. The summed E-state index contributed by atoms with van der Waals surface area (Å²) in [5.74, 6) is -1.51. The van der Waals surface area contributed by atoms with Crippen LogP contribution in [0.5, 0.6) is 0 Å². The van der Waals surface area contributed by atoms with Crippen molar-refractivity contribution in [1.29, 1.82) is 0 Å². The van der Waals surface area contributed by atoms with Crippen LogP contribution < -0.4 is 5.43 Å². The number of nitrogens with one attached hydrogen (secondary N) is 1. The molecule has 0 aliphatic carbocycles. The number of imide groups is 1. The van der Waals surface area contributed by atoms with Gasteiger partial charge in [-0.25, -0.2) is 0 Å². The van der Waals surface area contributed by atoms with Gasteiger partial charge in [0.1, 0.15) is 0 Å². The Morgan fingerprint density at radius 3 is 2.30 bits per heavy atom. The van der Waals surface area contributed by atoms with Gasteiger partial charge in [0.2, 0.25) is 0 Å². The summed E-state index contributed by atoms with van der Waals surface area (Å²) < 4.78 is 0. The second kappa shape index (κ2) is 5.28. The Labute approximate surface area is 117 Å². The van der Waals surface area contributed by atoms with E-state index in [4.69, 9.17) is 0 Å². The van der Waals surface area contributed by atoms with Crippen molar-refractivity contribution in [2.24, 2.45) is 0 Å². The zero-order valence-electron chi connectivity index (χ0n) is 11.7. The minimum Gasteiger partial charge on any atom is -0.267 e. The van der Waals surface area contributed by atoms with Crippen LogP contribution in [0.3, 0.4) is 0 Å². The molecule has 1 N–H and O–H groups in total. The van der Waals surface area contributed by atoms with Crippen molar-refractivity contribution in [2.45, 2.75) is 27.2 Å². The average molecular weight is 272 g/mol. The van der Waals surface area contributed by atoms with Crippen LogP contribution in [0.2, 0.25) is 0 Å². The van der Waals surface area contributed by atoms with E-state index in [-0.39, 0.29) is 0 Å². The smallest absolute Gasteiger partial charge is 0.267 e. The lowest BCUT2D eigenvalue weighted by Gasteiger charge is -2.18. The van der Waals surface area contributed by atoms with Crippen LogP contribution >= 0.6 is 0 Å². The summed E-state index contributed by atoms with van der Waals surface area (Å²) in [5, 5.41) is 0.723. The Morgan fingerprint density at radius 2 is 1.75 bits per heavy atom. The molecule has 0 bridgehead atoms. The molecule has 20 heavy (non-hydrogen) atoms. The number of hydrogen-bond acceptors (Lipinski definition) is 3. The van der Waals surface area contributed by atoms with E-state index < -0.39 is 17.7 Å². The predicted molar refractivity (Wildman–Crippen MR) is 73.8 cm³/mol. The molecule has 0 atom stereocenters. The number of rotatable bonds is 3. The normalized spacial score (nSPS) is 14.1. The third kappa shape index (κ3) is 2.47. The second-order valence-corrected chi connectivity index (χ2v) is 4.76. The summed E-state index contributed by atoms with van der Waals surface area (Å²) in [5.41, 5.74) is 5.68. The van der Waals surface area contributed by atoms with Crippen molar-refractivity contribution in [1.82, 2.24) is 10.4 Å². The monoisotopic (exact) mass is 272 g/mol. The number of carbonyl (C=O) groups excluding carboxylic acids is 3. The zero-order chi connectivity index (χ0) is 14.9. The molecule has 0 aromatic heterocycles. The summed E-state index contributed by atoms with van der Waals surface area (Å²) >= 11 is 0. The van der Waals surface area contributed by atoms with Crippen molar-refractivity contribution >= 4 is 17.7 Å². The molecule has 1 aliphatic heterocycles. The number of hydrogen-bond donors (Lipinski definition) is 1. The van der Waals surface area contributed by atoms with E-state index in [1.807, 2.05) is 32.9 Å². The molecule has 0 saturated carbocycles. The van der Waals surface area contributed by atoms with Crippen LogP contribution in [0.25, 0.3) is 0 Å². The lowest BCUT2D eigenvalue weighted by Crippen LogP contribution is -2.46. The van der Waals surface area contributed by atoms with E-state index in [9.17, 15) is 14.4 Å². The van der Waals surface area contributed by atoms with Crippen molar-refractivity contribution in [2.75, 3.05) is 0 Å². The molecular formula is C15H16N2O3. The maximum atomic E-state index is 12.3. The standard InChI is InChI=1S/C15H16N2O3/c1-4-11-8-9(2)7-10(3)14(11)15(20)16-17-12(18)5-6-13(17)19/h5-8H,4H2,1-3H3,(H,16,20). The fraction of sp³-hybridized carbons (Fsp3) is 0.267. The minimum absolute atomic E-state index is 0.440. The largest absolute Gasteiger partial charge is 0.272 e. The van der Waals surface area contributed by atoms with Gasteiger partial charge in [0.15, 0.2) is 0 Å². The molecule has 5 nitrogen and oxygen atoms in total. The van der Waals surface area contributed by atoms with Gasteiger partial charge in [0, 0.05) is 17.7 Å². The SMILES string of the molecule is CCc1cc(C)cc(C)c1C(=O)NN1C(=O)C=CC1=O. The highest BCUT2D eigenvalue weighted by molar-refractivity contribution is 6.14. The molecule has 0 unspecified atom stereocenters. The van der Waals surface area contributed by atoms with Gasteiger partial charge in [-0.2, -0.15) is 5.01 Å². The highest BCUT2D eigenvalue weighted by Gasteiger charge is 2.27. The molecule has 2 rings (SSSR count). The van der Waals surface area contributed by atoms with Gasteiger partial charge >= 0.3 is 0 Å². The first-order valence-electron chi connectivity index (χ1n) is 6.41. The average Bonchev–Trinajstić information content (AvgIpc) is 2.69. The summed E-state index contributed by atoms with van der Waals surface area (Å²) in [6, 6.07) is 3.84. The van der Waals surface area contributed by atoms with Gasteiger partial charge in [0.25, 0.3) is 17.7 Å². The van der Waals surface area contributed by atoms with Crippen LogP contribution in [-0.4, -0.2) is 22.7 Å². The molecule has 0 spiro atoms. The summed E-state index contributed by atoms with van der Waals surface area (Å²) in [6.07, 6.45) is 2.96. The van der Waals surface area contributed by atoms with E-state index in [1.165, 1.54) is 0 Å². The first-order valence-corrected chi connectivity index (χ1v) is 6.41. The summed E-state index contributed by atoms with van der Waals surface area (Å²) in [4.78, 5) is 35.2. The van der Waals surface area contributed by atoms with Gasteiger partial charge in [-0.05, 0) is 31.4 Å². The number of aryl methyl sites for hydroxylation is 3. The predicted octanol–water partition coefficient (Wildman–Crippen LogP) is 1.44. The molecule has 0 fully saturated rings. The Morgan fingerprint density at radius 1 is 1.15 bits per heavy atom. The zero-order valence-corrected chi connectivity index (χ0v) is 11.7. The molecule has 104 valence electrons. The highest BCUT2D eigenvalue weighted by atomic mass is 16.2. The van der Waals surface area contributed by atoms with E-state index in [0.29, 0.717) is 12.0 Å². The lowest BCUT2D eigenvalue weighted by atomic mass is 9.97. The quantitative estimate of drug-likeness (QED) is 0.847. The molecule has 1 aromatic carbocycles. The fourth-order valence-corrected chi connectivity index (χ4v) is 2.33. The minimum atomic E-state index is -0.536. The van der Waals surface area contributed by atoms with Crippen molar-refractivity contribution in [3.8, 4) is 0 Å². The Hall–Kier alpha value is -2.43. The van der Waals surface area contributed by atoms with Crippen LogP contribution in [0.1, 0.15) is 34.0 Å². The number of amides is 3. The molecule has 3 amide bonds. The molecule has 1 aromatic rings. The van der Waals surface area contributed by atoms with Crippen molar-refractivity contribution in [3.63, 3.8) is 0 Å². The van der Waals surface area contributed by atoms with Gasteiger partial charge in [0.05, 0.1) is 0 Å². The van der Waals surface area contributed by atoms with Gasteiger partial charge in [-0.1, -0.05) is 24.6 Å². The molecular weight excluding hydrogens is 256 g/mol. The lowest BCUT2D eigenvalue weighted by molar-refractivity contribution is -0.139. The van der Waals surface area contributed by atoms with Gasteiger partial charge < -0.3 is 0 Å². The van der Waals surface area contributed by atoms with Gasteiger partial charge in [-0.15, -0.1) is 0 Å². The van der Waals surface area contributed by atoms with Crippen LogP contribution in [0, 0.1) is 13.8 Å². The van der Waals surface area contributed by atoms with E-state index >= 15 is 0 Å². The van der Waals surface area contributed by atoms with Crippen molar-refractivity contribution in [3.05, 3.63) is 46.5 Å². The summed E-state index contributed by atoms with van der Waals surface area (Å²) in [6.45, 7) is 5.76. The highest BCUT2D eigenvalue weighted by Crippen LogP contribution is 2.18. The Kier molecular flexibility index (Phi) is 3.70. The third-order valence-electron chi connectivity index (χ3n) is 3.19. The van der Waals surface area contributed by atoms with Crippen LogP contribution in [0.15, 0.2) is 24.3 Å². The molecule has 0 radical (unpaired) electrons. The van der Waals surface area contributed by atoms with E-state index in [0.717, 1.165) is 33.9 Å². The van der Waals surface area contributed by atoms with E-state index in [1.54, 1.807) is 0 Å². The number of benzene rings is 1. The third-order valence-corrected chi connectivity index (χ3v) is 3.19. The Bertz CT molecular complexity index is 614. The summed E-state index contributed by atoms with van der Waals surface area (Å²) in [7, 11) is 0. The second-order valence-electron chi connectivity index (χ2n) is 4.76. The van der Waals surface area contributed by atoms with E-state index in [2.05, 4.69) is 5.43 Å². The maximum Gasteiger partial charge on any atom is 0.272 e. The number of nitrogens with zero attached hydrogens (tertiary/aromatic N) is 1. The number of carbonyl (C=O) groups is 3. The molecule has 1 heterocycles. The number of hydrazine groups is 1. The first-order chi connectivity index (χ1) is 9.43. The molecule has 0 saturated heterocycles. The van der Waals surface area contributed by atoms with Crippen LogP contribution in [-0.2, 0) is 16.0 Å². The van der Waals surface area contributed by atoms with Crippen molar-refractivity contribution < 1.29 is 14.4 Å². The van der Waals surface area contributed by atoms with Crippen LogP contribution in [0.4, 0.5) is 0 Å². The first kappa shape index (κ1) is 14.0. The topological polar surface area (TPSA) is 66.5 Å². The fourth-order valence-electron chi connectivity index (χ4n) is 2.33.